The lowest BCUT2D eigenvalue weighted by atomic mass is 10.1. The minimum atomic E-state index is -0.360. The smallest absolute Gasteiger partial charge is 0.268 e. The van der Waals surface area contributed by atoms with Gasteiger partial charge in [0.2, 0.25) is 5.91 Å². The van der Waals surface area contributed by atoms with Gasteiger partial charge in [-0.1, -0.05) is 11.6 Å². The van der Waals surface area contributed by atoms with Crippen LogP contribution in [-0.2, 0) is 4.79 Å². The van der Waals surface area contributed by atoms with Gasteiger partial charge in [-0.15, -0.1) is 0 Å². The normalized spacial score (nSPS) is 18.2. The van der Waals surface area contributed by atoms with Crippen LogP contribution >= 0.6 is 0 Å². The lowest BCUT2D eigenvalue weighted by molar-refractivity contribution is -0.118. The van der Waals surface area contributed by atoms with Crippen LogP contribution in [0.25, 0.3) is 10.9 Å². The summed E-state index contributed by atoms with van der Waals surface area (Å²) in [5.41, 5.74) is 8.00. The maximum absolute atomic E-state index is 11.9. The Morgan fingerprint density at radius 2 is 2.26 bits per heavy atom. The average molecular weight is 257 g/mol. The second kappa shape index (κ2) is 4.12. The quantitative estimate of drug-likeness (QED) is 0.845. The van der Waals surface area contributed by atoms with Crippen molar-refractivity contribution in [3.05, 3.63) is 35.5 Å². The van der Waals surface area contributed by atoms with Crippen molar-refractivity contribution in [1.82, 2.24) is 9.88 Å². The van der Waals surface area contributed by atoms with E-state index in [9.17, 15) is 9.59 Å². The molecule has 2 heterocycles. The summed E-state index contributed by atoms with van der Waals surface area (Å²) in [6.07, 6.45) is 0.227. The molecule has 0 bridgehead atoms. The minimum absolute atomic E-state index is 0.102. The van der Waals surface area contributed by atoms with Crippen LogP contribution in [0, 0.1) is 6.92 Å². The molecule has 0 saturated carbocycles. The fourth-order valence-electron chi connectivity index (χ4n) is 2.71. The Labute approximate surface area is 110 Å². The zero-order valence-corrected chi connectivity index (χ0v) is 10.6. The van der Waals surface area contributed by atoms with Crippen molar-refractivity contribution in [2.75, 3.05) is 6.54 Å². The molecule has 98 valence electrons. The molecule has 3 N–H and O–H groups in total. The first-order valence-corrected chi connectivity index (χ1v) is 6.24. The summed E-state index contributed by atoms with van der Waals surface area (Å²) >= 11 is 0. The van der Waals surface area contributed by atoms with E-state index in [-0.39, 0.29) is 24.3 Å². The number of benzene rings is 1. The van der Waals surface area contributed by atoms with Crippen molar-refractivity contribution >= 4 is 22.7 Å². The molecular weight excluding hydrogens is 242 g/mol. The van der Waals surface area contributed by atoms with E-state index < -0.39 is 0 Å². The van der Waals surface area contributed by atoms with Crippen LogP contribution in [0.2, 0.25) is 0 Å². The highest BCUT2D eigenvalue weighted by Gasteiger charge is 2.27. The summed E-state index contributed by atoms with van der Waals surface area (Å²) in [5, 5.41) is 3.82. The summed E-state index contributed by atoms with van der Waals surface area (Å²) in [7, 11) is 0. The number of nitrogens with zero attached hydrogens (tertiary/aromatic N) is 1. The number of aromatic nitrogens is 1. The average Bonchev–Trinajstić information content (AvgIpc) is 2.71. The summed E-state index contributed by atoms with van der Waals surface area (Å²) in [5.74, 6) is -0.462. The van der Waals surface area contributed by atoms with Crippen LogP contribution in [0.1, 0.15) is 28.5 Å². The van der Waals surface area contributed by atoms with Gasteiger partial charge in [0.15, 0.2) is 0 Å². The molecule has 0 fully saturated rings. The molecule has 19 heavy (non-hydrogen) atoms. The molecule has 5 nitrogen and oxygen atoms in total. The van der Waals surface area contributed by atoms with Gasteiger partial charge in [-0.25, -0.2) is 0 Å². The molecule has 1 aliphatic heterocycles. The SMILES string of the molecule is Cc1ccc2c(c1)cc1n2C(CC(N)=O)CNC1=O. The Balaban J connectivity index is 2.21. The van der Waals surface area contributed by atoms with E-state index in [1.165, 1.54) is 0 Å². The maximum Gasteiger partial charge on any atom is 0.268 e. The Kier molecular flexibility index (Phi) is 2.55. The van der Waals surface area contributed by atoms with Gasteiger partial charge in [0.25, 0.3) is 5.91 Å². The highest BCUT2D eigenvalue weighted by Crippen LogP contribution is 2.28. The molecule has 3 rings (SSSR count). The number of aryl methyl sites for hydroxylation is 1. The van der Waals surface area contributed by atoms with E-state index in [1.54, 1.807) is 0 Å². The van der Waals surface area contributed by atoms with Gasteiger partial charge in [0, 0.05) is 23.9 Å². The van der Waals surface area contributed by atoms with E-state index >= 15 is 0 Å². The summed E-state index contributed by atoms with van der Waals surface area (Å²) in [6.45, 7) is 2.45. The molecule has 1 aromatic heterocycles. The van der Waals surface area contributed by atoms with Crippen molar-refractivity contribution < 1.29 is 9.59 Å². The Morgan fingerprint density at radius 3 is 3.00 bits per heavy atom. The van der Waals surface area contributed by atoms with Crippen LogP contribution in [0.5, 0.6) is 0 Å². The van der Waals surface area contributed by atoms with E-state index in [0.29, 0.717) is 12.2 Å². The number of nitrogens with two attached hydrogens (primary N) is 1. The number of nitrogens with one attached hydrogen (secondary N) is 1. The fraction of sp³-hybridized carbons (Fsp3) is 0.286. The second-order valence-electron chi connectivity index (χ2n) is 5.00. The molecule has 5 heteroatoms. The first-order valence-electron chi connectivity index (χ1n) is 6.24. The predicted octanol–water partition coefficient (Wildman–Crippen LogP) is 1.11. The first kappa shape index (κ1) is 11.8. The Bertz CT molecular complexity index is 687. The second-order valence-corrected chi connectivity index (χ2v) is 5.00. The number of hydrogen-bond donors (Lipinski definition) is 2. The summed E-state index contributed by atoms with van der Waals surface area (Å²) < 4.78 is 1.93. The third-order valence-corrected chi connectivity index (χ3v) is 3.53. The molecule has 1 aromatic carbocycles. The van der Waals surface area contributed by atoms with Crippen molar-refractivity contribution in [3.63, 3.8) is 0 Å². The largest absolute Gasteiger partial charge is 0.370 e. The molecule has 1 atom stereocenters. The van der Waals surface area contributed by atoms with Gasteiger partial charge < -0.3 is 15.6 Å². The van der Waals surface area contributed by atoms with E-state index in [0.717, 1.165) is 16.5 Å². The number of carbonyl (C=O) groups is 2. The minimum Gasteiger partial charge on any atom is -0.370 e. The number of hydrogen-bond acceptors (Lipinski definition) is 2. The standard InChI is InChI=1S/C14H15N3O2/c1-8-2-3-11-9(4-8)5-12-14(19)16-7-10(17(11)12)6-13(15)18/h2-5,10H,6-7H2,1H3,(H2,15,18)(H,16,19). The number of fused-ring (bicyclic) bond motifs is 3. The highest BCUT2D eigenvalue weighted by molar-refractivity contribution is 6.00. The van der Waals surface area contributed by atoms with Crippen molar-refractivity contribution in [2.45, 2.75) is 19.4 Å². The third kappa shape index (κ3) is 1.87. The molecule has 0 aliphatic carbocycles. The van der Waals surface area contributed by atoms with Crippen molar-refractivity contribution in [2.24, 2.45) is 5.73 Å². The van der Waals surface area contributed by atoms with Gasteiger partial charge in [0.05, 0.1) is 6.04 Å². The van der Waals surface area contributed by atoms with Gasteiger partial charge in [-0.2, -0.15) is 0 Å². The molecule has 0 spiro atoms. The van der Waals surface area contributed by atoms with Crippen molar-refractivity contribution in [3.8, 4) is 0 Å². The van der Waals surface area contributed by atoms with E-state index in [1.807, 2.05) is 35.8 Å². The van der Waals surface area contributed by atoms with E-state index in [4.69, 9.17) is 5.73 Å². The van der Waals surface area contributed by atoms with Gasteiger partial charge >= 0.3 is 0 Å². The number of primary amides is 1. The number of rotatable bonds is 2. The van der Waals surface area contributed by atoms with Gasteiger partial charge in [0.1, 0.15) is 5.69 Å². The van der Waals surface area contributed by atoms with Gasteiger partial charge in [-0.3, -0.25) is 9.59 Å². The first-order chi connectivity index (χ1) is 9.06. The molecule has 2 aromatic rings. The number of carbonyl (C=O) groups excluding carboxylic acids is 2. The molecule has 0 radical (unpaired) electrons. The zero-order chi connectivity index (χ0) is 13.6. The third-order valence-electron chi connectivity index (χ3n) is 3.53. The van der Waals surface area contributed by atoms with Crippen molar-refractivity contribution in [1.29, 1.82) is 0 Å². The predicted molar refractivity (Wildman–Crippen MR) is 71.9 cm³/mol. The monoisotopic (exact) mass is 257 g/mol. The van der Waals surface area contributed by atoms with Crippen LogP contribution < -0.4 is 11.1 Å². The Morgan fingerprint density at radius 1 is 1.47 bits per heavy atom. The lowest BCUT2D eigenvalue weighted by Gasteiger charge is -2.26. The maximum atomic E-state index is 11.9. The molecule has 1 aliphatic rings. The van der Waals surface area contributed by atoms with Crippen LogP contribution in [-0.4, -0.2) is 22.9 Å². The van der Waals surface area contributed by atoms with E-state index in [2.05, 4.69) is 5.32 Å². The fourth-order valence-corrected chi connectivity index (χ4v) is 2.71. The molecule has 0 saturated heterocycles. The lowest BCUT2D eigenvalue weighted by Crippen LogP contribution is -2.40. The van der Waals surface area contributed by atoms with Crippen LogP contribution in [0.3, 0.4) is 0 Å². The van der Waals surface area contributed by atoms with Crippen LogP contribution in [0.15, 0.2) is 24.3 Å². The molecular formula is C14H15N3O2. The Hall–Kier alpha value is -2.30. The summed E-state index contributed by atoms with van der Waals surface area (Å²) in [4.78, 5) is 23.1. The highest BCUT2D eigenvalue weighted by atomic mass is 16.2. The zero-order valence-electron chi connectivity index (χ0n) is 10.6. The molecule has 1 unspecified atom stereocenters. The molecule has 2 amide bonds. The van der Waals surface area contributed by atoms with Gasteiger partial charge in [-0.05, 0) is 25.1 Å². The summed E-state index contributed by atoms with van der Waals surface area (Å²) in [6, 6.07) is 7.79. The van der Waals surface area contributed by atoms with Crippen LogP contribution in [0.4, 0.5) is 0 Å². The topological polar surface area (TPSA) is 77.1 Å². The number of amides is 2.